The van der Waals surface area contributed by atoms with Crippen LogP contribution in [0.25, 0.3) is 0 Å². The Morgan fingerprint density at radius 1 is 1.62 bits per heavy atom. The summed E-state index contributed by atoms with van der Waals surface area (Å²) < 4.78 is 0. The van der Waals surface area contributed by atoms with E-state index >= 15 is 0 Å². The summed E-state index contributed by atoms with van der Waals surface area (Å²) in [4.78, 5) is 10.1. The van der Waals surface area contributed by atoms with Crippen LogP contribution in [0.15, 0.2) is 12.4 Å². The molecule has 0 radical (unpaired) electrons. The zero-order valence-electron chi connectivity index (χ0n) is 4.92. The molecule has 0 aromatic rings. The normalized spacial score (nSPS) is 10.9. The van der Waals surface area contributed by atoms with E-state index in [0.29, 0.717) is 0 Å². The number of nitrogens with one attached hydrogen (secondary N) is 1. The SMILES string of the molecule is C[NH+](C)/C=C/[N+](=O)[O-]. The molecule has 0 heterocycles. The second-order valence-electron chi connectivity index (χ2n) is 1.68. The second-order valence-corrected chi connectivity index (χ2v) is 1.68. The van der Waals surface area contributed by atoms with Crippen LogP contribution >= 0.6 is 0 Å². The maximum absolute atomic E-state index is 9.61. The average Bonchev–Trinajstić information content (AvgIpc) is 1.61. The van der Waals surface area contributed by atoms with Crippen LogP contribution in [0.4, 0.5) is 0 Å². The average molecular weight is 117 g/mol. The number of quaternary nitrogens is 1. The van der Waals surface area contributed by atoms with E-state index in [9.17, 15) is 10.1 Å². The minimum absolute atomic E-state index is 0.479. The van der Waals surface area contributed by atoms with Crippen molar-refractivity contribution in [3.05, 3.63) is 22.5 Å². The lowest BCUT2D eigenvalue weighted by molar-refractivity contribution is -0.803. The van der Waals surface area contributed by atoms with Gasteiger partial charge in [-0.2, -0.15) is 0 Å². The van der Waals surface area contributed by atoms with E-state index in [1.54, 1.807) is 14.1 Å². The molecule has 0 bridgehead atoms. The summed E-state index contributed by atoms with van der Waals surface area (Å²) in [5.41, 5.74) is 0. The smallest absolute Gasteiger partial charge is 0.286 e. The Morgan fingerprint density at radius 3 is 2.25 bits per heavy atom. The molecule has 4 heteroatoms. The Hall–Kier alpha value is -0.900. The molecule has 0 amide bonds. The van der Waals surface area contributed by atoms with Crippen molar-refractivity contribution in [2.45, 2.75) is 0 Å². The highest BCUT2D eigenvalue weighted by Crippen LogP contribution is 1.62. The maximum atomic E-state index is 9.61. The fourth-order valence-electron chi connectivity index (χ4n) is 0.210. The maximum Gasteiger partial charge on any atom is 0.286 e. The van der Waals surface area contributed by atoms with Gasteiger partial charge in [0.15, 0.2) is 6.20 Å². The molecule has 0 spiro atoms. The van der Waals surface area contributed by atoms with E-state index in [1.807, 2.05) is 0 Å². The van der Waals surface area contributed by atoms with Gasteiger partial charge in [-0.15, -0.1) is 0 Å². The van der Waals surface area contributed by atoms with Crippen LogP contribution in [0.5, 0.6) is 0 Å². The molecule has 0 fully saturated rings. The number of hydrogen-bond acceptors (Lipinski definition) is 2. The molecule has 0 unspecified atom stereocenters. The molecule has 0 aliphatic carbocycles. The first kappa shape index (κ1) is 7.10. The van der Waals surface area contributed by atoms with Gasteiger partial charge in [0.25, 0.3) is 6.20 Å². The number of nitrogens with zero attached hydrogens (tertiary/aromatic N) is 1. The molecule has 0 atom stereocenters. The zero-order valence-corrected chi connectivity index (χ0v) is 4.92. The van der Waals surface area contributed by atoms with Crippen molar-refractivity contribution in [3.8, 4) is 0 Å². The molecule has 0 saturated carbocycles. The summed E-state index contributed by atoms with van der Waals surface area (Å²) in [5.74, 6) is 0. The molecule has 0 aromatic heterocycles. The van der Waals surface area contributed by atoms with Crippen LogP contribution in [0.1, 0.15) is 0 Å². The molecule has 0 aliphatic heterocycles. The molecule has 8 heavy (non-hydrogen) atoms. The number of hydrogen-bond donors (Lipinski definition) is 1. The highest BCUT2D eigenvalue weighted by atomic mass is 16.6. The van der Waals surface area contributed by atoms with E-state index in [2.05, 4.69) is 0 Å². The van der Waals surface area contributed by atoms with Crippen LogP contribution < -0.4 is 4.90 Å². The first-order valence-corrected chi connectivity index (χ1v) is 2.25. The Kier molecular flexibility index (Phi) is 2.79. The molecular formula is C4H9N2O2+. The third-order valence-corrected chi connectivity index (χ3v) is 0.530. The molecule has 0 saturated heterocycles. The van der Waals surface area contributed by atoms with Crippen molar-refractivity contribution in [2.24, 2.45) is 0 Å². The summed E-state index contributed by atoms with van der Waals surface area (Å²) in [5, 5.41) is 9.61. The topological polar surface area (TPSA) is 47.6 Å². The predicted octanol–water partition coefficient (Wildman–Crippen LogP) is -1.12. The van der Waals surface area contributed by atoms with Crippen LogP contribution in [0.2, 0.25) is 0 Å². The summed E-state index contributed by atoms with van der Waals surface area (Å²) in [7, 11) is 3.61. The molecule has 0 rings (SSSR count). The minimum Gasteiger partial charge on any atom is -0.308 e. The van der Waals surface area contributed by atoms with Gasteiger partial charge in [-0.25, -0.2) is 0 Å². The van der Waals surface area contributed by atoms with Crippen molar-refractivity contribution >= 4 is 0 Å². The van der Waals surface area contributed by atoms with Gasteiger partial charge in [0.1, 0.15) is 0 Å². The fourth-order valence-corrected chi connectivity index (χ4v) is 0.210. The van der Waals surface area contributed by atoms with Gasteiger partial charge in [-0.1, -0.05) is 0 Å². The number of nitro groups is 1. The predicted molar refractivity (Wildman–Crippen MR) is 28.9 cm³/mol. The molecule has 46 valence electrons. The van der Waals surface area contributed by atoms with Crippen molar-refractivity contribution < 1.29 is 9.82 Å². The van der Waals surface area contributed by atoms with E-state index in [4.69, 9.17) is 0 Å². The largest absolute Gasteiger partial charge is 0.308 e. The summed E-state index contributed by atoms with van der Waals surface area (Å²) >= 11 is 0. The second kappa shape index (κ2) is 3.15. The van der Waals surface area contributed by atoms with Gasteiger partial charge in [0.05, 0.1) is 19.0 Å². The quantitative estimate of drug-likeness (QED) is 0.368. The molecule has 0 aliphatic rings. The Morgan fingerprint density at radius 2 is 2.12 bits per heavy atom. The monoisotopic (exact) mass is 117 g/mol. The van der Waals surface area contributed by atoms with E-state index in [0.717, 1.165) is 11.1 Å². The van der Waals surface area contributed by atoms with Crippen LogP contribution in [0.3, 0.4) is 0 Å². The molecule has 0 aromatic carbocycles. The highest BCUT2D eigenvalue weighted by molar-refractivity contribution is 4.54. The van der Waals surface area contributed by atoms with Gasteiger partial charge in [0.2, 0.25) is 0 Å². The Bertz CT molecular complexity index is 109. The Balaban J connectivity index is 3.50. The summed E-state index contributed by atoms with van der Waals surface area (Å²) in [6.07, 6.45) is 2.38. The van der Waals surface area contributed by atoms with Crippen LogP contribution in [-0.2, 0) is 0 Å². The van der Waals surface area contributed by atoms with Crippen molar-refractivity contribution in [1.29, 1.82) is 0 Å². The van der Waals surface area contributed by atoms with Gasteiger partial charge in [-0.05, 0) is 0 Å². The van der Waals surface area contributed by atoms with Crippen LogP contribution in [-0.4, -0.2) is 19.0 Å². The molecule has 1 N–H and O–H groups in total. The standard InChI is InChI=1S/C4H8N2O2/c1-5(2)3-4-6(7)8/h3-4H,1-2H3/p+1/b4-3+. The van der Waals surface area contributed by atoms with Gasteiger partial charge in [0, 0.05) is 0 Å². The molecular weight excluding hydrogens is 108 g/mol. The first-order valence-electron chi connectivity index (χ1n) is 2.25. The lowest BCUT2D eigenvalue weighted by Gasteiger charge is -1.91. The first-order chi connectivity index (χ1) is 3.63. The van der Waals surface area contributed by atoms with E-state index in [-0.39, 0.29) is 0 Å². The number of rotatable bonds is 2. The molecule has 4 nitrogen and oxygen atoms in total. The third-order valence-electron chi connectivity index (χ3n) is 0.530. The highest BCUT2D eigenvalue weighted by Gasteiger charge is 1.87. The third kappa shape index (κ3) is 5.10. The Labute approximate surface area is 47.6 Å². The minimum atomic E-state index is -0.479. The van der Waals surface area contributed by atoms with E-state index in [1.165, 1.54) is 6.20 Å². The van der Waals surface area contributed by atoms with Crippen LogP contribution in [0, 0.1) is 10.1 Å². The fraction of sp³-hybridized carbons (Fsp3) is 0.500. The van der Waals surface area contributed by atoms with E-state index < -0.39 is 4.92 Å². The van der Waals surface area contributed by atoms with Crippen molar-refractivity contribution in [1.82, 2.24) is 0 Å². The zero-order chi connectivity index (χ0) is 6.57. The van der Waals surface area contributed by atoms with Crippen molar-refractivity contribution in [3.63, 3.8) is 0 Å². The summed E-state index contributed by atoms with van der Waals surface area (Å²) in [6.45, 7) is 0. The van der Waals surface area contributed by atoms with Crippen molar-refractivity contribution in [2.75, 3.05) is 14.1 Å². The van der Waals surface area contributed by atoms with Gasteiger partial charge >= 0.3 is 0 Å². The summed E-state index contributed by atoms with van der Waals surface area (Å²) in [6, 6.07) is 0. The lowest BCUT2D eigenvalue weighted by Crippen LogP contribution is -3.00. The van der Waals surface area contributed by atoms with Gasteiger partial charge < -0.3 is 4.90 Å². The van der Waals surface area contributed by atoms with Gasteiger partial charge in [-0.3, -0.25) is 10.1 Å². The lowest BCUT2D eigenvalue weighted by atomic mass is 10.8.